The fourth-order valence-electron chi connectivity index (χ4n) is 2.69. The van der Waals surface area contributed by atoms with Crippen molar-refractivity contribution >= 4 is 28.9 Å². The summed E-state index contributed by atoms with van der Waals surface area (Å²) in [5, 5.41) is 4.81. The van der Waals surface area contributed by atoms with Crippen LogP contribution in [0.25, 0.3) is 0 Å². The molecule has 0 aliphatic carbocycles. The van der Waals surface area contributed by atoms with Crippen LogP contribution in [0.1, 0.15) is 22.3 Å². The second kappa shape index (κ2) is 8.48. The SMILES string of the molecule is Cc1cccc(COc2ccc(Cl)cc2CNc2ccc(C)c(Cl)c2)c1. The molecule has 4 heteroatoms. The van der Waals surface area contributed by atoms with E-state index in [-0.39, 0.29) is 0 Å². The molecule has 0 heterocycles. The van der Waals surface area contributed by atoms with Crippen LogP contribution < -0.4 is 10.1 Å². The van der Waals surface area contributed by atoms with Crippen LogP contribution in [-0.4, -0.2) is 0 Å². The Labute approximate surface area is 164 Å². The summed E-state index contributed by atoms with van der Waals surface area (Å²) < 4.78 is 6.04. The molecule has 0 aromatic heterocycles. The number of halogens is 2. The van der Waals surface area contributed by atoms with Crippen molar-refractivity contribution in [3.63, 3.8) is 0 Å². The van der Waals surface area contributed by atoms with Crippen molar-refractivity contribution in [2.45, 2.75) is 27.0 Å². The zero-order chi connectivity index (χ0) is 18.5. The van der Waals surface area contributed by atoms with E-state index >= 15 is 0 Å². The maximum atomic E-state index is 6.20. The first-order valence-corrected chi connectivity index (χ1v) is 9.23. The van der Waals surface area contributed by atoms with Crippen molar-refractivity contribution in [1.29, 1.82) is 0 Å². The van der Waals surface area contributed by atoms with Gasteiger partial charge in [-0.1, -0.05) is 59.1 Å². The van der Waals surface area contributed by atoms with Crippen molar-refractivity contribution in [2.75, 3.05) is 5.32 Å². The van der Waals surface area contributed by atoms with E-state index in [9.17, 15) is 0 Å². The Morgan fingerprint density at radius 2 is 1.77 bits per heavy atom. The molecular weight excluding hydrogens is 365 g/mol. The number of anilines is 1. The van der Waals surface area contributed by atoms with Crippen LogP contribution in [0.5, 0.6) is 5.75 Å². The molecule has 3 aromatic rings. The third kappa shape index (κ3) is 4.94. The zero-order valence-corrected chi connectivity index (χ0v) is 16.4. The van der Waals surface area contributed by atoms with E-state index in [1.165, 1.54) is 5.56 Å². The molecular formula is C22H21Cl2NO. The molecule has 1 N–H and O–H groups in total. The summed E-state index contributed by atoms with van der Waals surface area (Å²) in [4.78, 5) is 0. The Hall–Kier alpha value is -2.16. The molecule has 134 valence electrons. The Morgan fingerprint density at radius 1 is 0.923 bits per heavy atom. The van der Waals surface area contributed by atoms with E-state index in [4.69, 9.17) is 27.9 Å². The molecule has 0 bridgehead atoms. The third-order valence-corrected chi connectivity index (χ3v) is 4.80. The first kappa shape index (κ1) is 18.6. The van der Waals surface area contributed by atoms with Gasteiger partial charge >= 0.3 is 0 Å². The van der Waals surface area contributed by atoms with Crippen LogP contribution in [0.15, 0.2) is 60.7 Å². The lowest BCUT2D eigenvalue weighted by Crippen LogP contribution is -2.04. The summed E-state index contributed by atoms with van der Waals surface area (Å²) in [6.45, 7) is 5.18. The second-order valence-corrected chi connectivity index (χ2v) is 7.19. The number of aryl methyl sites for hydroxylation is 2. The van der Waals surface area contributed by atoms with Gasteiger partial charge in [0.25, 0.3) is 0 Å². The van der Waals surface area contributed by atoms with Gasteiger partial charge in [0.2, 0.25) is 0 Å². The zero-order valence-electron chi connectivity index (χ0n) is 14.9. The predicted molar refractivity (Wildman–Crippen MR) is 110 cm³/mol. The molecule has 2 nitrogen and oxygen atoms in total. The topological polar surface area (TPSA) is 21.3 Å². The smallest absolute Gasteiger partial charge is 0.124 e. The monoisotopic (exact) mass is 385 g/mol. The average Bonchev–Trinajstić information content (AvgIpc) is 2.62. The molecule has 0 saturated heterocycles. The predicted octanol–water partition coefficient (Wildman–Crippen LogP) is 6.80. The molecule has 3 aromatic carbocycles. The minimum absolute atomic E-state index is 0.521. The Balaban J connectivity index is 1.71. The first-order valence-electron chi connectivity index (χ1n) is 8.48. The molecule has 0 aliphatic heterocycles. The van der Waals surface area contributed by atoms with Crippen LogP contribution in [0.3, 0.4) is 0 Å². The van der Waals surface area contributed by atoms with Gasteiger partial charge in [0, 0.05) is 27.8 Å². The first-order chi connectivity index (χ1) is 12.5. The van der Waals surface area contributed by atoms with Crippen LogP contribution >= 0.6 is 23.2 Å². The van der Waals surface area contributed by atoms with Gasteiger partial charge in [-0.3, -0.25) is 0 Å². The highest BCUT2D eigenvalue weighted by molar-refractivity contribution is 6.31. The van der Waals surface area contributed by atoms with Crippen LogP contribution in [0, 0.1) is 13.8 Å². The van der Waals surface area contributed by atoms with Gasteiger partial charge in [0.1, 0.15) is 12.4 Å². The molecule has 0 radical (unpaired) electrons. The highest BCUT2D eigenvalue weighted by Gasteiger charge is 2.07. The molecule has 3 rings (SSSR count). The summed E-state index contributed by atoms with van der Waals surface area (Å²) in [5.41, 5.74) is 5.39. The average molecular weight is 386 g/mol. The van der Waals surface area contributed by atoms with Gasteiger partial charge < -0.3 is 10.1 Å². The van der Waals surface area contributed by atoms with E-state index in [1.807, 2.05) is 49.4 Å². The highest BCUT2D eigenvalue weighted by Crippen LogP contribution is 2.26. The lowest BCUT2D eigenvalue weighted by Gasteiger charge is -2.14. The third-order valence-electron chi connectivity index (χ3n) is 4.15. The van der Waals surface area contributed by atoms with Gasteiger partial charge in [-0.15, -0.1) is 0 Å². The van der Waals surface area contributed by atoms with E-state index in [0.29, 0.717) is 18.2 Å². The summed E-state index contributed by atoms with van der Waals surface area (Å²) in [7, 11) is 0. The second-order valence-electron chi connectivity index (χ2n) is 6.35. The van der Waals surface area contributed by atoms with Gasteiger partial charge in [-0.05, 0) is 55.3 Å². The number of nitrogens with one attached hydrogen (secondary N) is 1. The maximum absolute atomic E-state index is 6.20. The standard InChI is InChI=1S/C22H21Cl2NO/c1-15-4-3-5-17(10-15)14-26-22-9-7-19(23)11-18(22)13-25-20-8-6-16(2)21(24)12-20/h3-12,25H,13-14H2,1-2H3. The summed E-state index contributed by atoms with van der Waals surface area (Å²) in [5.74, 6) is 0.821. The maximum Gasteiger partial charge on any atom is 0.124 e. The van der Waals surface area contributed by atoms with E-state index in [1.54, 1.807) is 0 Å². The number of benzene rings is 3. The van der Waals surface area contributed by atoms with Gasteiger partial charge in [0.05, 0.1) is 0 Å². The van der Waals surface area contributed by atoms with Gasteiger partial charge in [-0.2, -0.15) is 0 Å². The summed E-state index contributed by atoms with van der Waals surface area (Å²) in [6, 6.07) is 19.9. The Morgan fingerprint density at radius 3 is 2.54 bits per heavy atom. The molecule has 0 atom stereocenters. The molecule has 0 saturated carbocycles. The van der Waals surface area contributed by atoms with E-state index in [0.717, 1.165) is 33.1 Å². The summed E-state index contributed by atoms with van der Waals surface area (Å²) >= 11 is 12.4. The molecule has 0 spiro atoms. The Bertz CT molecular complexity index is 908. The van der Waals surface area contributed by atoms with Crippen LogP contribution in [0.4, 0.5) is 5.69 Å². The molecule has 26 heavy (non-hydrogen) atoms. The summed E-state index contributed by atoms with van der Waals surface area (Å²) in [6.07, 6.45) is 0. The number of ether oxygens (including phenoxy) is 1. The quantitative estimate of drug-likeness (QED) is 0.503. The largest absolute Gasteiger partial charge is 0.489 e. The van der Waals surface area contributed by atoms with Crippen molar-refractivity contribution in [3.05, 3.63) is 93.0 Å². The number of rotatable bonds is 6. The van der Waals surface area contributed by atoms with E-state index < -0.39 is 0 Å². The normalized spacial score (nSPS) is 10.6. The highest BCUT2D eigenvalue weighted by atomic mass is 35.5. The lowest BCUT2D eigenvalue weighted by molar-refractivity contribution is 0.303. The molecule has 0 unspecified atom stereocenters. The Kier molecular flexibility index (Phi) is 6.08. The van der Waals surface area contributed by atoms with Crippen molar-refractivity contribution in [2.24, 2.45) is 0 Å². The lowest BCUT2D eigenvalue weighted by atomic mass is 10.1. The van der Waals surface area contributed by atoms with E-state index in [2.05, 4.69) is 30.4 Å². The molecule has 0 amide bonds. The fraction of sp³-hybridized carbons (Fsp3) is 0.182. The van der Waals surface area contributed by atoms with Crippen molar-refractivity contribution < 1.29 is 4.74 Å². The number of hydrogen-bond donors (Lipinski definition) is 1. The molecule has 0 aliphatic rings. The van der Waals surface area contributed by atoms with Crippen molar-refractivity contribution in [1.82, 2.24) is 0 Å². The van der Waals surface area contributed by atoms with Crippen molar-refractivity contribution in [3.8, 4) is 5.75 Å². The minimum atomic E-state index is 0.521. The van der Waals surface area contributed by atoms with Gasteiger partial charge in [0.15, 0.2) is 0 Å². The van der Waals surface area contributed by atoms with Crippen LogP contribution in [-0.2, 0) is 13.2 Å². The van der Waals surface area contributed by atoms with Crippen LogP contribution in [0.2, 0.25) is 10.0 Å². The molecule has 0 fully saturated rings. The minimum Gasteiger partial charge on any atom is -0.489 e. The van der Waals surface area contributed by atoms with Gasteiger partial charge in [-0.25, -0.2) is 0 Å². The fourth-order valence-corrected chi connectivity index (χ4v) is 3.07. The number of hydrogen-bond acceptors (Lipinski definition) is 2.